The summed E-state index contributed by atoms with van der Waals surface area (Å²) >= 11 is 2.00. The van der Waals surface area contributed by atoms with Crippen LogP contribution in [-0.2, 0) is 0 Å². The van der Waals surface area contributed by atoms with Gasteiger partial charge in [-0.1, -0.05) is 19.3 Å². The summed E-state index contributed by atoms with van der Waals surface area (Å²) < 4.78 is 0. The molecule has 0 aromatic heterocycles. The summed E-state index contributed by atoms with van der Waals surface area (Å²) in [7, 11) is 0. The van der Waals surface area contributed by atoms with Gasteiger partial charge in [0.25, 0.3) is 0 Å². The van der Waals surface area contributed by atoms with Crippen molar-refractivity contribution in [2.75, 3.05) is 6.26 Å². The molecule has 2 aliphatic rings. The molecule has 0 amide bonds. The van der Waals surface area contributed by atoms with E-state index in [1.807, 2.05) is 11.8 Å². The third-order valence-electron chi connectivity index (χ3n) is 4.12. The van der Waals surface area contributed by atoms with Crippen molar-refractivity contribution in [1.29, 1.82) is 5.26 Å². The molecule has 0 heterocycles. The number of hydrogen-bond acceptors (Lipinski definition) is 3. The molecule has 0 saturated heterocycles. The molecule has 2 saturated carbocycles. The Kier molecular flexibility index (Phi) is 4.55. The van der Waals surface area contributed by atoms with E-state index < -0.39 is 0 Å². The maximum absolute atomic E-state index is 9.09. The zero-order valence-corrected chi connectivity index (χ0v) is 10.9. The van der Waals surface area contributed by atoms with Crippen molar-refractivity contribution in [2.45, 2.75) is 62.3 Å². The Morgan fingerprint density at radius 3 is 2.56 bits per heavy atom. The van der Waals surface area contributed by atoms with E-state index in [0.29, 0.717) is 12.1 Å². The van der Waals surface area contributed by atoms with Crippen LogP contribution in [0.25, 0.3) is 0 Å². The smallest absolute Gasteiger partial charge is 0.0672 e. The largest absolute Gasteiger partial charge is 0.309 e. The minimum atomic E-state index is 0.268. The molecule has 1 N–H and O–H groups in total. The van der Waals surface area contributed by atoms with Gasteiger partial charge in [0, 0.05) is 17.3 Å². The number of hydrogen-bond donors (Lipinski definition) is 1. The quantitative estimate of drug-likeness (QED) is 0.821. The number of rotatable bonds is 3. The highest BCUT2D eigenvalue weighted by molar-refractivity contribution is 7.99. The molecule has 0 aromatic carbocycles. The predicted octanol–water partition coefficient (Wildman–Crippen LogP) is 2.94. The van der Waals surface area contributed by atoms with E-state index in [2.05, 4.69) is 17.6 Å². The van der Waals surface area contributed by atoms with Crippen molar-refractivity contribution in [1.82, 2.24) is 5.32 Å². The van der Waals surface area contributed by atoms with E-state index in [1.54, 1.807) is 0 Å². The van der Waals surface area contributed by atoms with Gasteiger partial charge in [0.1, 0.15) is 0 Å². The van der Waals surface area contributed by atoms with Gasteiger partial charge in [-0.15, -0.1) is 0 Å². The molecule has 0 spiro atoms. The molecule has 0 aromatic rings. The van der Waals surface area contributed by atoms with Gasteiger partial charge in [-0.2, -0.15) is 17.0 Å². The van der Waals surface area contributed by atoms with E-state index in [0.717, 1.165) is 11.7 Å². The Morgan fingerprint density at radius 1 is 1.06 bits per heavy atom. The monoisotopic (exact) mass is 238 g/mol. The van der Waals surface area contributed by atoms with Gasteiger partial charge in [-0.05, 0) is 31.9 Å². The van der Waals surface area contributed by atoms with Gasteiger partial charge in [-0.3, -0.25) is 0 Å². The first-order chi connectivity index (χ1) is 7.85. The van der Waals surface area contributed by atoms with Crippen LogP contribution >= 0.6 is 11.8 Å². The van der Waals surface area contributed by atoms with Crippen LogP contribution in [-0.4, -0.2) is 23.6 Å². The Morgan fingerprint density at radius 2 is 1.81 bits per heavy atom. The number of nitrogens with zero attached hydrogens (tertiary/aromatic N) is 1. The Hall–Kier alpha value is -0.200. The average Bonchev–Trinajstić information content (AvgIpc) is 2.77. The number of thioether (sulfide) groups is 1. The molecule has 0 aliphatic heterocycles. The highest BCUT2D eigenvalue weighted by Gasteiger charge is 2.32. The third-order valence-corrected chi connectivity index (χ3v) is 5.28. The third kappa shape index (κ3) is 2.73. The van der Waals surface area contributed by atoms with Crippen LogP contribution in [0.3, 0.4) is 0 Å². The van der Waals surface area contributed by atoms with E-state index in [4.69, 9.17) is 5.26 Å². The van der Waals surface area contributed by atoms with Gasteiger partial charge in [0.15, 0.2) is 0 Å². The molecule has 3 heteroatoms. The summed E-state index contributed by atoms with van der Waals surface area (Å²) in [5, 5.41) is 13.6. The van der Waals surface area contributed by atoms with E-state index in [-0.39, 0.29) is 5.92 Å². The minimum absolute atomic E-state index is 0.268. The van der Waals surface area contributed by atoms with E-state index in [1.165, 1.54) is 38.5 Å². The van der Waals surface area contributed by atoms with Gasteiger partial charge >= 0.3 is 0 Å². The number of nitriles is 1. The second-order valence-corrected chi connectivity index (χ2v) is 6.18. The average molecular weight is 238 g/mol. The van der Waals surface area contributed by atoms with Crippen LogP contribution in [0.2, 0.25) is 0 Å². The van der Waals surface area contributed by atoms with Crippen LogP contribution in [0, 0.1) is 17.2 Å². The summed E-state index contributed by atoms with van der Waals surface area (Å²) in [5.74, 6) is 0.268. The zero-order chi connectivity index (χ0) is 11.4. The maximum Gasteiger partial charge on any atom is 0.0672 e. The number of nitrogens with one attached hydrogen (secondary N) is 1. The fourth-order valence-corrected chi connectivity index (χ4v) is 4.10. The van der Waals surface area contributed by atoms with Crippen LogP contribution in [0.15, 0.2) is 0 Å². The van der Waals surface area contributed by atoms with Crippen molar-refractivity contribution in [3.63, 3.8) is 0 Å². The van der Waals surface area contributed by atoms with Crippen LogP contribution in [0.4, 0.5) is 0 Å². The molecular formula is C13H22N2S. The molecule has 90 valence electrons. The fourth-order valence-electron chi connectivity index (χ4n) is 3.16. The summed E-state index contributed by atoms with van der Waals surface area (Å²) in [6.45, 7) is 0. The lowest BCUT2D eigenvalue weighted by Crippen LogP contribution is -2.46. The molecule has 2 fully saturated rings. The van der Waals surface area contributed by atoms with E-state index in [9.17, 15) is 0 Å². The lowest BCUT2D eigenvalue weighted by atomic mass is 9.93. The Bertz CT molecular complexity index is 261. The van der Waals surface area contributed by atoms with Crippen LogP contribution in [0.1, 0.15) is 44.9 Å². The lowest BCUT2D eigenvalue weighted by molar-refractivity contribution is 0.328. The topological polar surface area (TPSA) is 35.8 Å². The molecule has 2 aliphatic carbocycles. The molecular weight excluding hydrogens is 216 g/mol. The van der Waals surface area contributed by atoms with Gasteiger partial charge in [-0.25, -0.2) is 0 Å². The second kappa shape index (κ2) is 5.93. The normalized spacial score (nSPS) is 39.5. The first kappa shape index (κ1) is 12.3. The molecule has 4 atom stereocenters. The van der Waals surface area contributed by atoms with Crippen molar-refractivity contribution >= 4 is 11.8 Å². The molecule has 2 nitrogen and oxygen atoms in total. The van der Waals surface area contributed by atoms with Crippen LogP contribution < -0.4 is 5.32 Å². The summed E-state index contributed by atoms with van der Waals surface area (Å²) in [5.41, 5.74) is 0. The summed E-state index contributed by atoms with van der Waals surface area (Å²) in [4.78, 5) is 0. The molecule has 4 unspecified atom stereocenters. The first-order valence-electron chi connectivity index (χ1n) is 6.53. The lowest BCUT2D eigenvalue weighted by Gasteiger charge is -2.34. The summed E-state index contributed by atoms with van der Waals surface area (Å²) in [6, 6.07) is 3.60. The Balaban J connectivity index is 1.89. The van der Waals surface area contributed by atoms with Gasteiger partial charge in [0.05, 0.1) is 12.0 Å². The standard InChI is InChI=1S/C13H22N2S/c1-16-13-8-3-2-6-12(13)15-11-7-4-5-10(11)9-14/h10-13,15H,2-8H2,1H3. The first-order valence-corrected chi connectivity index (χ1v) is 7.82. The Labute approximate surface area is 103 Å². The zero-order valence-electron chi connectivity index (χ0n) is 10.1. The molecule has 0 bridgehead atoms. The van der Waals surface area contributed by atoms with Crippen molar-refractivity contribution in [2.24, 2.45) is 5.92 Å². The van der Waals surface area contributed by atoms with Crippen molar-refractivity contribution < 1.29 is 0 Å². The fraction of sp³-hybridized carbons (Fsp3) is 0.923. The van der Waals surface area contributed by atoms with Crippen LogP contribution in [0.5, 0.6) is 0 Å². The minimum Gasteiger partial charge on any atom is -0.309 e. The molecule has 0 radical (unpaired) electrons. The highest BCUT2D eigenvalue weighted by atomic mass is 32.2. The van der Waals surface area contributed by atoms with Crippen molar-refractivity contribution in [3.05, 3.63) is 0 Å². The molecule has 16 heavy (non-hydrogen) atoms. The van der Waals surface area contributed by atoms with Gasteiger partial charge in [0.2, 0.25) is 0 Å². The van der Waals surface area contributed by atoms with Gasteiger partial charge < -0.3 is 5.32 Å². The second-order valence-electron chi connectivity index (χ2n) is 5.10. The molecule has 2 rings (SSSR count). The van der Waals surface area contributed by atoms with E-state index >= 15 is 0 Å². The highest BCUT2D eigenvalue weighted by Crippen LogP contribution is 2.31. The van der Waals surface area contributed by atoms with Crippen molar-refractivity contribution in [3.8, 4) is 6.07 Å². The summed E-state index contributed by atoms with van der Waals surface area (Å²) in [6.07, 6.45) is 11.2. The predicted molar refractivity (Wildman–Crippen MR) is 69.4 cm³/mol. The maximum atomic E-state index is 9.09. The SMILES string of the molecule is CSC1CCCCC1NC1CCCC1C#N.